The van der Waals surface area contributed by atoms with Gasteiger partial charge in [0.2, 0.25) is 11.9 Å². The lowest BCUT2D eigenvalue weighted by Crippen LogP contribution is -2.51. The summed E-state index contributed by atoms with van der Waals surface area (Å²) in [6.07, 6.45) is 4.10. The highest BCUT2D eigenvalue weighted by Gasteiger charge is 2.32. The molecular weight excluding hydrogens is 442 g/mol. The van der Waals surface area contributed by atoms with E-state index in [1.807, 2.05) is 11.0 Å². The molecule has 1 aliphatic carbocycles. The smallest absolute Gasteiger partial charge is 0.228 e. The third-order valence-corrected chi connectivity index (χ3v) is 7.44. The number of aromatic nitrogens is 2. The van der Waals surface area contributed by atoms with Gasteiger partial charge in [0, 0.05) is 43.5 Å². The summed E-state index contributed by atoms with van der Waals surface area (Å²) in [5, 5.41) is 0.728. The maximum absolute atomic E-state index is 13.2. The SMILES string of the molecule is COc1cc2nc(N3CCN(C(=O)C4CCC(c5ccccc5)CC4)CC3)nc(N)c2cc1OC. The molecule has 2 heterocycles. The Hall–Kier alpha value is -3.55. The number of methoxy groups -OCH3 is 2. The highest BCUT2D eigenvalue weighted by atomic mass is 16.5. The van der Waals surface area contributed by atoms with Crippen LogP contribution in [0.25, 0.3) is 10.9 Å². The quantitative estimate of drug-likeness (QED) is 0.599. The Kier molecular flexibility index (Phi) is 6.61. The molecule has 1 saturated heterocycles. The van der Waals surface area contributed by atoms with Crippen molar-refractivity contribution in [3.05, 3.63) is 48.0 Å². The number of ether oxygens (including phenoxy) is 2. The van der Waals surface area contributed by atoms with E-state index in [1.165, 1.54) is 5.56 Å². The predicted molar refractivity (Wildman–Crippen MR) is 137 cm³/mol. The number of carbonyl (C=O) groups is 1. The molecule has 8 nitrogen and oxygen atoms in total. The van der Waals surface area contributed by atoms with Crippen LogP contribution in [0.3, 0.4) is 0 Å². The van der Waals surface area contributed by atoms with E-state index in [1.54, 1.807) is 20.3 Å². The number of carbonyl (C=O) groups excluding carboxylic acids is 1. The number of piperazine rings is 1. The lowest BCUT2D eigenvalue weighted by atomic mass is 9.78. The fourth-order valence-electron chi connectivity index (χ4n) is 5.39. The number of hydrogen-bond acceptors (Lipinski definition) is 7. The van der Waals surface area contributed by atoms with E-state index >= 15 is 0 Å². The summed E-state index contributed by atoms with van der Waals surface area (Å²) in [6.45, 7) is 2.71. The van der Waals surface area contributed by atoms with Crippen LogP contribution < -0.4 is 20.1 Å². The molecule has 35 heavy (non-hydrogen) atoms. The number of nitrogens with two attached hydrogens (primary N) is 1. The average Bonchev–Trinajstić information content (AvgIpc) is 2.92. The number of benzene rings is 2. The van der Waals surface area contributed by atoms with Crippen LogP contribution in [0, 0.1) is 5.92 Å². The Morgan fingerprint density at radius 2 is 1.57 bits per heavy atom. The van der Waals surface area contributed by atoms with Crippen molar-refractivity contribution in [3.8, 4) is 11.5 Å². The van der Waals surface area contributed by atoms with Gasteiger partial charge < -0.3 is 25.0 Å². The second kappa shape index (κ2) is 9.98. The van der Waals surface area contributed by atoms with E-state index < -0.39 is 0 Å². The topological polar surface area (TPSA) is 93.8 Å². The Morgan fingerprint density at radius 1 is 0.914 bits per heavy atom. The first-order valence-electron chi connectivity index (χ1n) is 12.3. The van der Waals surface area contributed by atoms with Crippen LogP contribution in [0.15, 0.2) is 42.5 Å². The van der Waals surface area contributed by atoms with Gasteiger partial charge in [-0.25, -0.2) is 4.98 Å². The van der Waals surface area contributed by atoms with Crippen LogP contribution in [-0.2, 0) is 4.79 Å². The van der Waals surface area contributed by atoms with Gasteiger partial charge >= 0.3 is 0 Å². The summed E-state index contributed by atoms with van der Waals surface area (Å²) in [5.41, 5.74) is 8.37. The molecule has 0 bridgehead atoms. The second-order valence-electron chi connectivity index (χ2n) is 9.40. The summed E-state index contributed by atoms with van der Waals surface area (Å²) in [5.74, 6) is 3.18. The van der Waals surface area contributed by atoms with E-state index in [0.29, 0.717) is 66.8 Å². The third-order valence-electron chi connectivity index (χ3n) is 7.44. The normalized spacial score (nSPS) is 20.6. The Balaban J connectivity index is 1.21. The lowest BCUT2D eigenvalue weighted by Gasteiger charge is -2.38. The third kappa shape index (κ3) is 4.70. The Bertz CT molecular complexity index is 1190. The summed E-state index contributed by atoms with van der Waals surface area (Å²) in [6, 6.07) is 14.3. The number of fused-ring (bicyclic) bond motifs is 1. The zero-order chi connectivity index (χ0) is 24.4. The van der Waals surface area contributed by atoms with Gasteiger partial charge in [-0.15, -0.1) is 0 Å². The standard InChI is InChI=1S/C27H33N5O3/c1-34-23-16-21-22(17-24(23)35-2)29-27(30-25(21)28)32-14-12-31(13-15-32)26(33)20-10-8-19(9-11-20)18-6-4-3-5-7-18/h3-7,16-17,19-20H,8-15H2,1-2H3,(H2,28,29,30). The molecule has 1 aliphatic heterocycles. The summed E-state index contributed by atoms with van der Waals surface area (Å²) in [7, 11) is 3.18. The number of nitrogen functional groups attached to an aromatic ring is 1. The van der Waals surface area contributed by atoms with Crippen molar-refractivity contribution in [2.45, 2.75) is 31.6 Å². The van der Waals surface area contributed by atoms with Gasteiger partial charge in [0.25, 0.3) is 0 Å². The molecule has 8 heteroatoms. The molecule has 1 saturated carbocycles. The maximum Gasteiger partial charge on any atom is 0.228 e. The molecule has 2 aliphatic rings. The fourth-order valence-corrected chi connectivity index (χ4v) is 5.39. The molecule has 184 valence electrons. The average molecular weight is 476 g/mol. The van der Waals surface area contributed by atoms with Crippen LogP contribution in [-0.4, -0.2) is 61.2 Å². The van der Waals surface area contributed by atoms with Gasteiger partial charge in [0.15, 0.2) is 11.5 Å². The molecule has 2 N–H and O–H groups in total. The van der Waals surface area contributed by atoms with Gasteiger partial charge in [-0.3, -0.25) is 4.79 Å². The maximum atomic E-state index is 13.2. The first-order valence-corrected chi connectivity index (χ1v) is 12.3. The summed E-state index contributed by atoms with van der Waals surface area (Å²) in [4.78, 5) is 26.6. The zero-order valence-electron chi connectivity index (χ0n) is 20.4. The molecule has 1 aromatic heterocycles. The molecular formula is C27H33N5O3. The number of amides is 1. The zero-order valence-corrected chi connectivity index (χ0v) is 20.4. The molecule has 3 aromatic rings. The van der Waals surface area contributed by atoms with Gasteiger partial charge in [-0.1, -0.05) is 30.3 Å². The minimum atomic E-state index is 0.136. The predicted octanol–water partition coefficient (Wildman–Crippen LogP) is 3.85. The van der Waals surface area contributed by atoms with Crippen molar-refractivity contribution in [2.24, 2.45) is 5.92 Å². The van der Waals surface area contributed by atoms with E-state index in [9.17, 15) is 4.79 Å². The monoisotopic (exact) mass is 475 g/mol. The molecule has 0 unspecified atom stereocenters. The lowest BCUT2D eigenvalue weighted by molar-refractivity contribution is -0.137. The molecule has 2 aromatic carbocycles. The van der Waals surface area contributed by atoms with Crippen molar-refractivity contribution in [2.75, 3.05) is 51.0 Å². The minimum absolute atomic E-state index is 0.136. The number of hydrogen-bond donors (Lipinski definition) is 1. The largest absolute Gasteiger partial charge is 0.493 e. The molecule has 0 spiro atoms. The fraction of sp³-hybridized carbons (Fsp3) is 0.444. The first kappa shape index (κ1) is 23.2. The summed E-state index contributed by atoms with van der Waals surface area (Å²) < 4.78 is 10.8. The van der Waals surface area contributed by atoms with Crippen molar-refractivity contribution < 1.29 is 14.3 Å². The van der Waals surface area contributed by atoms with Crippen molar-refractivity contribution in [3.63, 3.8) is 0 Å². The van der Waals surface area contributed by atoms with Crippen LogP contribution in [0.2, 0.25) is 0 Å². The minimum Gasteiger partial charge on any atom is -0.493 e. The van der Waals surface area contributed by atoms with Crippen LogP contribution in [0.4, 0.5) is 11.8 Å². The molecule has 0 radical (unpaired) electrons. The van der Waals surface area contributed by atoms with Gasteiger partial charge in [-0.05, 0) is 43.2 Å². The van der Waals surface area contributed by atoms with E-state index in [2.05, 4.69) is 40.2 Å². The van der Waals surface area contributed by atoms with Gasteiger partial charge in [0.1, 0.15) is 5.82 Å². The van der Waals surface area contributed by atoms with Crippen LogP contribution in [0.5, 0.6) is 11.5 Å². The number of rotatable bonds is 5. The molecule has 2 fully saturated rings. The first-order chi connectivity index (χ1) is 17.1. The molecule has 1 amide bonds. The van der Waals surface area contributed by atoms with Crippen LogP contribution >= 0.6 is 0 Å². The highest BCUT2D eigenvalue weighted by Crippen LogP contribution is 2.37. The Morgan fingerprint density at radius 3 is 2.23 bits per heavy atom. The van der Waals surface area contributed by atoms with E-state index in [0.717, 1.165) is 31.1 Å². The molecule has 0 atom stereocenters. The van der Waals surface area contributed by atoms with E-state index in [-0.39, 0.29) is 5.92 Å². The van der Waals surface area contributed by atoms with Crippen molar-refractivity contribution >= 4 is 28.6 Å². The summed E-state index contributed by atoms with van der Waals surface area (Å²) >= 11 is 0. The van der Waals surface area contributed by atoms with Crippen molar-refractivity contribution in [1.82, 2.24) is 14.9 Å². The number of nitrogens with zero attached hydrogens (tertiary/aromatic N) is 4. The molecule has 5 rings (SSSR count). The highest BCUT2D eigenvalue weighted by molar-refractivity contribution is 5.91. The van der Waals surface area contributed by atoms with Gasteiger partial charge in [0.05, 0.1) is 19.7 Å². The van der Waals surface area contributed by atoms with E-state index in [4.69, 9.17) is 20.2 Å². The number of anilines is 2. The van der Waals surface area contributed by atoms with Gasteiger partial charge in [-0.2, -0.15) is 4.98 Å². The van der Waals surface area contributed by atoms with Crippen molar-refractivity contribution in [1.29, 1.82) is 0 Å². The Labute approximate surface area is 206 Å². The second-order valence-corrected chi connectivity index (χ2v) is 9.40. The van der Waals surface area contributed by atoms with Crippen LogP contribution in [0.1, 0.15) is 37.2 Å².